The molecule has 0 bridgehead atoms. The number of thiazole rings is 1. The number of hydrogen-bond acceptors (Lipinski definition) is 8. The van der Waals surface area contributed by atoms with Crippen LogP contribution in [0.25, 0.3) is 11.3 Å². The van der Waals surface area contributed by atoms with Gasteiger partial charge in [0.15, 0.2) is 5.13 Å². The predicted molar refractivity (Wildman–Crippen MR) is 156 cm³/mol. The number of hydrogen-bond donors (Lipinski definition) is 3. The van der Waals surface area contributed by atoms with Gasteiger partial charge in [-0.15, -0.1) is 6.42 Å². The fraction of sp³-hybridized carbons (Fsp3) is 0.567. The van der Waals surface area contributed by atoms with Gasteiger partial charge in [-0.3, -0.25) is 9.59 Å². The van der Waals surface area contributed by atoms with E-state index in [-0.39, 0.29) is 29.9 Å². The Morgan fingerprint density at radius 2 is 1.93 bits per heavy atom. The SMILES string of the molecule is C#C[C@@H]1CN(C(=O)[C@H](CC(C)C)NC(=O)c2ccc(-c3nc(N(CCC)CCC)sc3F)cc2)[C@H]2[C@@H]1OCC2(O)O. The number of fused-ring (bicyclic) bond motifs is 1. The summed E-state index contributed by atoms with van der Waals surface area (Å²) in [6, 6.07) is 4.50. The van der Waals surface area contributed by atoms with Gasteiger partial charge in [-0.2, -0.15) is 4.39 Å². The lowest BCUT2D eigenvalue weighted by molar-refractivity contribution is -0.191. The fourth-order valence-electron chi connectivity index (χ4n) is 5.59. The zero-order chi connectivity index (χ0) is 29.9. The van der Waals surface area contributed by atoms with Crippen LogP contribution in [0.2, 0.25) is 0 Å². The maximum atomic E-state index is 14.9. The van der Waals surface area contributed by atoms with Crippen LogP contribution in [0.3, 0.4) is 0 Å². The molecule has 2 aliphatic rings. The predicted octanol–water partition coefficient (Wildman–Crippen LogP) is 3.26. The molecule has 1 aromatic carbocycles. The molecule has 222 valence electrons. The quantitative estimate of drug-likeness (QED) is 0.274. The number of aromatic nitrogens is 1. The maximum Gasteiger partial charge on any atom is 0.251 e. The van der Waals surface area contributed by atoms with Gasteiger partial charge in [0.2, 0.25) is 16.8 Å². The highest BCUT2D eigenvalue weighted by Gasteiger charge is 2.59. The molecule has 41 heavy (non-hydrogen) atoms. The Labute approximate surface area is 244 Å². The molecule has 0 unspecified atom stereocenters. The van der Waals surface area contributed by atoms with Crippen LogP contribution >= 0.6 is 11.3 Å². The van der Waals surface area contributed by atoms with Crippen molar-refractivity contribution in [2.45, 2.75) is 70.9 Å². The van der Waals surface area contributed by atoms with Gasteiger partial charge in [0.05, 0.1) is 12.0 Å². The molecule has 1 aromatic heterocycles. The molecule has 2 saturated heterocycles. The minimum absolute atomic E-state index is 0.0584. The van der Waals surface area contributed by atoms with Crippen LogP contribution in [0, 0.1) is 29.3 Å². The first-order valence-corrected chi connectivity index (χ1v) is 15.0. The number of likely N-dealkylation sites (tertiary alicyclic amines) is 1. The van der Waals surface area contributed by atoms with Gasteiger partial charge in [-0.05, 0) is 37.3 Å². The van der Waals surface area contributed by atoms with E-state index in [0.29, 0.717) is 22.7 Å². The zero-order valence-corrected chi connectivity index (χ0v) is 24.8. The van der Waals surface area contributed by atoms with Crippen molar-refractivity contribution in [2.24, 2.45) is 11.8 Å². The molecule has 4 atom stereocenters. The van der Waals surface area contributed by atoms with Gasteiger partial charge in [0.25, 0.3) is 5.91 Å². The standard InChI is InChI=1S/C30H39FN4O5S/c1-6-13-34(14-7-2)29-33-23(26(31)41-29)20-9-11-21(12-10-20)27(36)32-22(15-18(4)5)28(37)35-16-19(8-3)24-25(35)30(38,39)17-40-24/h3,9-12,18-19,22,24-25,38-39H,6-7,13-17H2,1-2,4-5H3,(H,32,36)/t19-,22+,24-,25+/m1/s1. The third-order valence-corrected chi connectivity index (χ3v) is 8.36. The van der Waals surface area contributed by atoms with Crippen LogP contribution in [0.4, 0.5) is 9.52 Å². The van der Waals surface area contributed by atoms with Crippen LogP contribution in [0.15, 0.2) is 24.3 Å². The van der Waals surface area contributed by atoms with E-state index in [9.17, 15) is 24.2 Å². The average molecular weight is 587 g/mol. The van der Waals surface area contributed by atoms with Crippen LogP contribution in [-0.2, 0) is 9.53 Å². The Morgan fingerprint density at radius 3 is 2.51 bits per heavy atom. The zero-order valence-electron chi connectivity index (χ0n) is 24.0. The molecule has 3 heterocycles. The molecule has 2 aliphatic heterocycles. The number of ether oxygens (including phenoxy) is 1. The number of nitrogens with zero attached hydrogens (tertiary/aromatic N) is 3. The summed E-state index contributed by atoms with van der Waals surface area (Å²) in [5.41, 5.74) is 1.09. The molecule has 9 nitrogen and oxygen atoms in total. The van der Waals surface area contributed by atoms with E-state index in [2.05, 4.69) is 35.0 Å². The van der Waals surface area contributed by atoms with Gasteiger partial charge in [0.1, 0.15) is 24.4 Å². The number of halogens is 1. The van der Waals surface area contributed by atoms with E-state index in [4.69, 9.17) is 11.2 Å². The fourth-order valence-corrected chi connectivity index (χ4v) is 6.46. The summed E-state index contributed by atoms with van der Waals surface area (Å²) in [4.78, 5) is 34.9. The van der Waals surface area contributed by atoms with Gasteiger partial charge in [0, 0.05) is 30.8 Å². The van der Waals surface area contributed by atoms with Crippen LogP contribution in [-0.4, -0.2) is 82.1 Å². The second-order valence-corrected chi connectivity index (χ2v) is 12.1. The lowest BCUT2D eigenvalue weighted by atomic mass is 9.98. The van der Waals surface area contributed by atoms with E-state index in [1.807, 2.05) is 13.8 Å². The molecule has 3 N–H and O–H groups in total. The number of benzene rings is 1. The molecule has 4 rings (SSSR count). The van der Waals surface area contributed by atoms with Crippen LogP contribution < -0.4 is 10.2 Å². The topological polar surface area (TPSA) is 115 Å². The number of amides is 2. The van der Waals surface area contributed by atoms with Gasteiger partial charge in [-0.25, -0.2) is 4.98 Å². The Morgan fingerprint density at radius 1 is 1.27 bits per heavy atom. The lowest BCUT2D eigenvalue weighted by Crippen LogP contribution is -2.57. The molecule has 0 radical (unpaired) electrons. The average Bonchev–Trinajstić information content (AvgIpc) is 3.60. The van der Waals surface area contributed by atoms with Crippen LogP contribution in [0.5, 0.6) is 0 Å². The van der Waals surface area contributed by atoms with E-state index >= 15 is 0 Å². The van der Waals surface area contributed by atoms with Crippen molar-refractivity contribution in [1.29, 1.82) is 0 Å². The first kappa shape index (κ1) is 30.9. The normalized spacial score (nSPS) is 21.9. The van der Waals surface area contributed by atoms with Gasteiger partial charge < -0.3 is 30.1 Å². The van der Waals surface area contributed by atoms with Gasteiger partial charge >= 0.3 is 0 Å². The first-order chi connectivity index (χ1) is 19.5. The summed E-state index contributed by atoms with van der Waals surface area (Å²) >= 11 is 1.01. The molecule has 0 saturated carbocycles. The largest absolute Gasteiger partial charge is 0.369 e. The van der Waals surface area contributed by atoms with E-state index in [0.717, 1.165) is 37.3 Å². The van der Waals surface area contributed by atoms with Gasteiger partial charge in [-0.1, -0.05) is 57.1 Å². The number of nitrogens with one attached hydrogen (secondary N) is 1. The summed E-state index contributed by atoms with van der Waals surface area (Å²) in [5.74, 6) is -1.00. The van der Waals surface area contributed by atoms with Crippen molar-refractivity contribution < 1.29 is 28.9 Å². The van der Waals surface area contributed by atoms with E-state index in [1.54, 1.807) is 24.3 Å². The smallest absolute Gasteiger partial charge is 0.251 e. The number of aliphatic hydroxyl groups is 2. The van der Waals surface area contributed by atoms with Crippen molar-refractivity contribution in [1.82, 2.24) is 15.2 Å². The van der Waals surface area contributed by atoms with Crippen molar-refractivity contribution in [3.8, 4) is 23.6 Å². The number of carbonyl (C=O) groups is 2. The highest BCUT2D eigenvalue weighted by Crippen LogP contribution is 2.38. The molecule has 0 spiro atoms. The summed E-state index contributed by atoms with van der Waals surface area (Å²) in [5, 5.41) is 24.1. The Kier molecular flexibility index (Phi) is 9.70. The van der Waals surface area contributed by atoms with Crippen molar-refractivity contribution in [2.75, 3.05) is 31.1 Å². The number of carbonyl (C=O) groups excluding carboxylic acids is 2. The number of anilines is 1. The third-order valence-electron chi connectivity index (χ3n) is 7.46. The second kappa shape index (κ2) is 12.9. The van der Waals surface area contributed by atoms with Crippen LogP contribution in [0.1, 0.15) is 57.3 Å². The second-order valence-electron chi connectivity index (χ2n) is 11.2. The minimum atomic E-state index is -2.23. The monoisotopic (exact) mass is 586 g/mol. The molecular formula is C30H39FN4O5S. The molecule has 2 aromatic rings. The first-order valence-electron chi connectivity index (χ1n) is 14.2. The minimum Gasteiger partial charge on any atom is -0.369 e. The van der Waals surface area contributed by atoms with Crippen molar-refractivity contribution in [3.05, 3.63) is 35.0 Å². The molecule has 2 amide bonds. The summed E-state index contributed by atoms with van der Waals surface area (Å²) in [6.07, 6.45) is 7.13. The van der Waals surface area contributed by atoms with E-state index in [1.165, 1.54) is 4.90 Å². The number of rotatable bonds is 11. The molecule has 11 heteroatoms. The summed E-state index contributed by atoms with van der Waals surface area (Å²) < 4.78 is 20.4. The highest BCUT2D eigenvalue weighted by atomic mass is 32.1. The molecule has 0 aliphatic carbocycles. The van der Waals surface area contributed by atoms with Crippen molar-refractivity contribution >= 4 is 28.3 Å². The molecule has 2 fully saturated rings. The Balaban J connectivity index is 1.51. The summed E-state index contributed by atoms with van der Waals surface area (Å²) in [6.45, 7) is 9.33. The summed E-state index contributed by atoms with van der Waals surface area (Å²) in [7, 11) is 0. The Hall–Kier alpha value is -3.04. The Bertz CT molecular complexity index is 1270. The maximum absolute atomic E-state index is 14.9. The number of terminal acetylenes is 1. The van der Waals surface area contributed by atoms with Crippen molar-refractivity contribution in [3.63, 3.8) is 0 Å². The molecular weight excluding hydrogens is 547 g/mol. The third kappa shape index (κ3) is 6.56. The lowest BCUT2D eigenvalue weighted by Gasteiger charge is -2.33. The highest BCUT2D eigenvalue weighted by molar-refractivity contribution is 7.14. The van der Waals surface area contributed by atoms with E-state index < -0.39 is 41.7 Å².